The highest BCUT2D eigenvalue weighted by Gasteiger charge is 2.14. The molecule has 1 aromatic carbocycles. The second-order valence-electron chi connectivity index (χ2n) is 4.90. The van der Waals surface area contributed by atoms with Gasteiger partial charge in [-0.1, -0.05) is 13.8 Å². The molecule has 108 valence electrons. The number of carbonyl (C=O) groups is 1. The quantitative estimate of drug-likeness (QED) is 0.808. The van der Waals surface area contributed by atoms with E-state index in [4.69, 9.17) is 0 Å². The van der Waals surface area contributed by atoms with Crippen LogP contribution in [0.2, 0.25) is 0 Å². The van der Waals surface area contributed by atoms with Gasteiger partial charge in [0.05, 0.1) is 5.69 Å². The number of hydrogen-bond donors (Lipinski definition) is 1. The molecule has 7 heteroatoms. The summed E-state index contributed by atoms with van der Waals surface area (Å²) in [5.41, 5.74) is 1.65. The van der Waals surface area contributed by atoms with Crippen molar-refractivity contribution in [1.82, 2.24) is 14.6 Å². The number of rotatable bonds is 3. The summed E-state index contributed by atoms with van der Waals surface area (Å²) in [6.45, 7) is 3.61. The number of fused-ring (bicyclic) bond motifs is 1. The number of nitrogens with zero attached hydrogens (tertiary/aromatic N) is 3. The van der Waals surface area contributed by atoms with E-state index >= 15 is 0 Å². The number of halogens is 1. The highest BCUT2D eigenvalue weighted by Crippen LogP contribution is 2.26. The molecule has 0 radical (unpaired) electrons. The molecule has 0 saturated carbocycles. The monoisotopic (exact) mass is 304 g/mol. The Bertz CT molecular complexity index is 791. The fraction of sp³-hybridized carbons (Fsp3) is 0.214. The van der Waals surface area contributed by atoms with Crippen molar-refractivity contribution in [2.75, 3.05) is 5.32 Å². The lowest BCUT2D eigenvalue weighted by Crippen LogP contribution is -2.18. The molecule has 0 saturated heterocycles. The smallest absolute Gasteiger partial charge is 0.250 e. The summed E-state index contributed by atoms with van der Waals surface area (Å²) >= 11 is 1.41. The first kappa shape index (κ1) is 13.7. The van der Waals surface area contributed by atoms with Gasteiger partial charge in [-0.25, -0.2) is 8.91 Å². The molecule has 2 heterocycles. The van der Waals surface area contributed by atoms with Crippen LogP contribution in [0.1, 0.15) is 13.8 Å². The number of aromatic nitrogens is 3. The van der Waals surface area contributed by atoms with E-state index in [0.29, 0.717) is 4.96 Å². The van der Waals surface area contributed by atoms with Crippen molar-refractivity contribution >= 4 is 28.2 Å². The fourth-order valence-corrected chi connectivity index (χ4v) is 2.64. The lowest BCUT2D eigenvalue weighted by molar-refractivity contribution is -0.118. The fourth-order valence-electron chi connectivity index (χ4n) is 1.81. The van der Waals surface area contributed by atoms with Crippen molar-refractivity contribution in [3.63, 3.8) is 0 Å². The molecule has 21 heavy (non-hydrogen) atoms. The van der Waals surface area contributed by atoms with Crippen LogP contribution >= 0.6 is 11.3 Å². The largest absolute Gasteiger partial charge is 0.293 e. The minimum Gasteiger partial charge on any atom is -0.293 e. The predicted octanol–water partition coefficient (Wildman–Crippen LogP) is 3.19. The topological polar surface area (TPSA) is 59.3 Å². The van der Waals surface area contributed by atoms with Crippen molar-refractivity contribution < 1.29 is 9.18 Å². The van der Waals surface area contributed by atoms with Gasteiger partial charge in [-0.3, -0.25) is 10.1 Å². The van der Waals surface area contributed by atoms with Gasteiger partial charge in [0.2, 0.25) is 16.8 Å². The van der Waals surface area contributed by atoms with E-state index in [1.54, 1.807) is 30.5 Å². The molecule has 0 bridgehead atoms. The van der Waals surface area contributed by atoms with Crippen LogP contribution in [-0.2, 0) is 4.79 Å². The molecule has 0 aliphatic heterocycles. The number of carbonyl (C=O) groups excluding carboxylic acids is 1. The summed E-state index contributed by atoms with van der Waals surface area (Å²) in [7, 11) is 0. The second kappa shape index (κ2) is 5.25. The first-order chi connectivity index (χ1) is 10.0. The molecule has 3 aromatic rings. The van der Waals surface area contributed by atoms with E-state index in [0.717, 1.165) is 11.3 Å². The van der Waals surface area contributed by atoms with Gasteiger partial charge in [-0.15, -0.1) is 16.4 Å². The van der Waals surface area contributed by atoms with E-state index in [2.05, 4.69) is 15.4 Å². The third kappa shape index (κ3) is 2.64. The average Bonchev–Trinajstić information content (AvgIpc) is 2.99. The molecule has 2 aromatic heterocycles. The molecule has 0 atom stereocenters. The Hall–Kier alpha value is -2.28. The lowest BCUT2D eigenvalue weighted by Gasteiger charge is -2.02. The second-order valence-corrected chi connectivity index (χ2v) is 5.74. The molecule has 3 rings (SSSR count). The van der Waals surface area contributed by atoms with Crippen LogP contribution in [-0.4, -0.2) is 20.5 Å². The molecular formula is C14H13FN4OS. The summed E-state index contributed by atoms with van der Waals surface area (Å²) < 4.78 is 14.6. The zero-order valence-electron chi connectivity index (χ0n) is 11.5. The molecule has 0 aliphatic rings. The van der Waals surface area contributed by atoms with E-state index in [-0.39, 0.29) is 23.6 Å². The maximum Gasteiger partial charge on any atom is 0.250 e. The molecule has 1 N–H and O–H groups in total. The van der Waals surface area contributed by atoms with Crippen molar-refractivity contribution in [2.24, 2.45) is 5.92 Å². The number of amides is 1. The van der Waals surface area contributed by atoms with E-state index in [1.807, 2.05) is 5.38 Å². The van der Waals surface area contributed by atoms with Crippen molar-refractivity contribution in [1.29, 1.82) is 0 Å². The molecule has 0 unspecified atom stereocenters. The summed E-state index contributed by atoms with van der Waals surface area (Å²) in [5.74, 6) is -0.266. The van der Waals surface area contributed by atoms with Crippen LogP contribution in [0.5, 0.6) is 0 Å². The molecule has 0 spiro atoms. The first-order valence-electron chi connectivity index (χ1n) is 6.45. The SMILES string of the molecule is CC(C)C(=O)Nc1nc2scc(-c3ccc(F)cc3)n2n1. The Labute approximate surface area is 124 Å². The van der Waals surface area contributed by atoms with Gasteiger partial charge < -0.3 is 0 Å². The molecule has 0 aliphatic carbocycles. The van der Waals surface area contributed by atoms with Crippen LogP contribution in [0, 0.1) is 11.7 Å². The Kier molecular flexibility index (Phi) is 3.42. The van der Waals surface area contributed by atoms with Crippen LogP contribution in [0.15, 0.2) is 29.6 Å². The molecule has 0 fully saturated rings. The third-order valence-electron chi connectivity index (χ3n) is 2.98. The summed E-state index contributed by atoms with van der Waals surface area (Å²) in [4.78, 5) is 16.6. The van der Waals surface area contributed by atoms with Gasteiger partial charge in [-0.2, -0.15) is 4.98 Å². The normalized spacial score (nSPS) is 11.2. The zero-order valence-corrected chi connectivity index (χ0v) is 12.3. The highest BCUT2D eigenvalue weighted by atomic mass is 32.1. The standard InChI is InChI=1S/C14H13FN4OS/c1-8(2)12(20)16-13-17-14-19(18-13)11(7-21-14)9-3-5-10(15)6-4-9/h3-8H,1-2H3,(H,16,18,20). The van der Waals surface area contributed by atoms with Gasteiger partial charge in [0.15, 0.2) is 0 Å². The van der Waals surface area contributed by atoms with Gasteiger partial charge in [-0.05, 0) is 24.3 Å². The van der Waals surface area contributed by atoms with Gasteiger partial charge in [0.25, 0.3) is 0 Å². The van der Waals surface area contributed by atoms with Crippen LogP contribution in [0.3, 0.4) is 0 Å². The van der Waals surface area contributed by atoms with E-state index in [1.165, 1.54) is 23.5 Å². The van der Waals surface area contributed by atoms with Crippen LogP contribution in [0.4, 0.5) is 10.3 Å². The molecule has 5 nitrogen and oxygen atoms in total. The summed E-state index contributed by atoms with van der Waals surface area (Å²) in [5, 5.41) is 8.85. The number of anilines is 1. The Morgan fingerprint density at radius 2 is 2.05 bits per heavy atom. The number of benzene rings is 1. The third-order valence-corrected chi connectivity index (χ3v) is 3.80. The maximum absolute atomic E-state index is 13.0. The number of thiazole rings is 1. The lowest BCUT2D eigenvalue weighted by atomic mass is 10.2. The first-order valence-corrected chi connectivity index (χ1v) is 7.33. The van der Waals surface area contributed by atoms with Crippen LogP contribution < -0.4 is 5.32 Å². The molecule has 1 amide bonds. The minimum absolute atomic E-state index is 0.128. The Balaban J connectivity index is 1.96. The maximum atomic E-state index is 13.0. The number of hydrogen-bond acceptors (Lipinski definition) is 4. The predicted molar refractivity (Wildman–Crippen MR) is 79.7 cm³/mol. The Morgan fingerprint density at radius 1 is 1.33 bits per heavy atom. The summed E-state index contributed by atoms with van der Waals surface area (Å²) in [6.07, 6.45) is 0. The average molecular weight is 304 g/mol. The minimum atomic E-state index is -0.284. The van der Waals surface area contributed by atoms with E-state index in [9.17, 15) is 9.18 Å². The van der Waals surface area contributed by atoms with Crippen molar-refractivity contribution in [2.45, 2.75) is 13.8 Å². The molecular weight excluding hydrogens is 291 g/mol. The van der Waals surface area contributed by atoms with E-state index < -0.39 is 0 Å². The zero-order chi connectivity index (χ0) is 15.0. The van der Waals surface area contributed by atoms with Gasteiger partial charge >= 0.3 is 0 Å². The number of nitrogens with one attached hydrogen (secondary N) is 1. The highest BCUT2D eigenvalue weighted by molar-refractivity contribution is 7.15. The van der Waals surface area contributed by atoms with Crippen molar-refractivity contribution in [3.8, 4) is 11.3 Å². The summed E-state index contributed by atoms with van der Waals surface area (Å²) in [6, 6.07) is 6.17. The van der Waals surface area contributed by atoms with Gasteiger partial charge in [0, 0.05) is 16.9 Å². The van der Waals surface area contributed by atoms with Crippen molar-refractivity contribution in [3.05, 3.63) is 35.5 Å². The van der Waals surface area contributed by atoms with Crippen LogP contribution in [0.25, 0.3) is 16.2 Å². The van der Waals surface area contributed by atoms with Gasteiger partial charge in [0.1, 0.15) is 5.82 Å². The Morgan fingerprint density at radius 3 is 2.71 bits per heavy atom.